The minimum absolute atomic E-state index is 0.502. The number of hydrogen-bond donors (Lipinski definition) is 0. The van der Waals surface area contributed by atoms with Crippen LogP contribution in [-0.4, -0.2) is 10.8 Å². The third-order valence-corrected chi connectivity index (χ3v) is 9.73. The van der Waals surface area contributed by atoms with Gasteiger partial charge in [-0.3, -0.25) is 4.99 Å². The van der Waals surface area contributed by atoms with E-state index in [1.165, 1.54) is 60.8 Å². The molecule has 7 aromatic carbocycles. The Labute approximate surface area is 274 Å². The maximum atomic E-state index is 4.81. The number of rotatable bonds is 6. The Morgan fingerprint density at radius 3 is 1.96 bits per heavy atom. The van der Waals surface area contributed by atoms with Crippen molar-refractivity contribution in [2.75, 3.05) is 0 Å². The van der Waals surface area contributed by atoms with E-state index in [4.69, 9.17) is 4.99 Å². The van der Waals surface area contributed by atoms with Crippen LogP contribution in [0.25, 0.3) is 38.6 Å². The van der Waals surface area contributed by atoms with E-state index in [1.54, 1.807) is 0 Å². The van der Waals surface area contributed by atoms with Crippen LogP contribution in [0.5, 0.6) is 0 Å². The van der Waals surface area contributed by atoms with E-state index in [2.05, 4.69) is 162 Å². The maximum absolute atomic E-state index is 4.81. The summed E-state index contributed by atoms with van der Waals surface area (Å²) in [7, 11) is 0. The number of nitrogens with zero attached hydrogens (tertiary/aromatic N) is 2. The van der Waals surface area contributed by atoms with Crippen molar-refractivity contribution in [3.63, 3.8) is 0 Å². The monoisotopic (exact) mass is 600 g/mol. The van der Waals surface area contributed by atoms with Crippen molar-refractivity contribution < 1.29 is 0 Å². The highest BCUT2D eigenvalue weighted by Crippen LogP contribution is 2.58. The average Bonchev–Trinajstić information content (AvgIpc) is 3.64. The smallest absolute Gasteiger partial charge is 0.0734 e. The van der Waals surface area contributed by atoms with E-state index in [-0.39, 0.29) is 0 Å². The number of aliphatic imine (C=N–C) groups is 1. The van der Waals surface area contributed by atoms with Gasteiger partial charge in [-0.25, -0.2) is 0 Å². The Balaban J connectivity index is 1.36. The molecule has 222 valence electrons. The normalized spacial score (nSPS) is 13.3. The zero-order chi connectivity index (χ0) is 31.2. The van der Waals surface area contributed by atoms with Gasteiger partial charge in [0.15, 0.2) is 0 Å². The highest BCUT2D eigenvalue weighted by molar-refractivity contribution is 6.13. The summed E-state index contributed by atoms with van der Waals surface area (Å²) in [4.78, 5) is 4.81. The summed E-state index contributed by atoms with van der Waals surface area (Å²) in [5.74, 6) is 0. The molecule has 0 bridgehead atoms. The van der Waals surface area contributed by atoms with Crippen LogP contribution in [0, 0.1) is 0 Å². The molecule has 0 fully saturated rings. The van der Waals surface area contributed by atoms with Crippen molar-refractivity contribution in [1.82, 2.24) is 4.57 Å². The van der Waals surface area contributed by atoms with Crippen LogP contribution in [0.3, 0.4) is 0 Å². The van der Waals surface area contributed by atoms with Gasteiger partial charge in [0.2, 0.25) is 0 Å². The molecule has 0 N–H and O–H groups in total. The van der Waals surface area contributed by atoms with E-state index >= 15 is 0 Å². The van der Waals surface area contributed by atoms with Gasteiger partial charge < -0.3 is 4.57 Å². The Hall–Kier alpha value is -5.99. The molecule has 0 atom stereocenters. The van der Waals surface area contributed by atoms with Gasteiger partial charge >= 0.3 is 0 Å². The topological polar surface area (TPSA) is 17.3 Å². The molecule has 0 saturated heterocycles. The van der Waals surface area contributed by atoms with Gasteiger partial charge in [-0.2, -0.15) is 0 Å². The number of hydrogen-bond acceptors (Lipinski definition) is 1. The Kier molecular flexibility index (Phi) is 6.46. The number of fused-ring (bicyclic) bond motifs is 7. The van der Waals surface area contributed by atoms with Crippen LogP contribution < -0.4 is 0 Å². The molecule has 0 unspecified atom stereocenters. The standard InChI is InChI=1S/C45H32N2/c1-4-15-32(16-5-1)30-46-31-33-17-14-22-36(29-33)47-42-26-13-11-24-38(42)40-28-27-39-37-23-10-12-25-41(37)45(43(39)44(40)47,34-18-6-2-7-19-34)35-20-8-3-9-21-35/h1-30H,31H2/b46-30+. The maximum Gasteiger partial charge on any atom is 0.0734 e. The first-order chi connectivity index (χ1) is 23.3. The quantitative estimate of drug-likeness (QED) is 0.169. The summed E-state index contributed by atoms with van der Waals surface area (Å²) in [5, 5.41) is 2.51. The van der Waals surface area contributed by atoms with Crippen molar-refractivity contribution in [2.45, 2.75) is 12.0 Å². The average molecular weight is 601 g/mol. The second kappa shape index (κ2) is 11.1. The van der Waals surface area contributed by atoms with E-state index < -0.39 is 5.41 Å². The lowest BCUT2D eigenvalue weighted by Gasteiger charge is -2.34. The summed E-state index contributed by atoms with van der Waals surface area (Å²) in [6, 6.07) is 63.9. The van der Waals surface area contributed by atoms with Crippen molar-refractivity contribution in [3.8, 4) is 16.8 Å². The zero-order valence-electron chi connectivity index (χ0n) is 25.9. The molecular weight excluding hydrogens is 569 g/mol. The van der Waals surface area contributed by atoms with Gasteiger partial charge in [-0.05, 0) is 57.1 Å². The molecule has 47 heavy (non-hydrogen) atoms. The fourth-order valence-corrected chi connectivity index (χ4v) is 7.84. The van der Waals surface area contributed by atoms with Crippen LogP contribution >= 0.6 is 0 Å². The third-order valence-electron chi connectivity index (χ3n) is 9.73. The molecule has 2 nitrogen and oxygen atoms in total. The number of para-hydroxylation sites is 1. The lowest BCUT2D eigenvalue weighted by Crippen LogP contribution is -2.29. The van der Waals surface area contributed by atoms with Gasteiger partial charge in [-0.1, -0.05) is 158 Å². The summed E-state index contributed by atoms with van der Waals surface area (Å²) >= 11 is 0. The first kappa shape index (κ1) is 27.3. The SMILES string of the molecule is C(=N\Cc1cccc(-n2c3ccccc3c3ccc4c(c32)C(c2ccccc2)(c2ccccc2)c2ccccc2-4)c1)/c1ccccc1. The molecule has 1 aromatic heterocycles. The van der Waals surface area contributed by atoms with Gasteiger partial charge in [0.1, 0.15) is 0 Å². The second-order valence-electron chi connectivity index (χ2n) is 12.3. The third kappa shape index (κ3) is 4.22. The molecule has 0 amide bonds. The zero-order valence-corrected chi connectivity index (χ0v) is 25.9. The summed E-state index contributed by atoms with van der Waals surface area (Å²) in [5.41, 5.74) is 13.1. The van der Waals surface area contributed by atoms with Crippen LogP contribution in [0.15, 0.2) is 181 Å². The molecule has 0 radical (unpaired) electrons. The molecule has 1 aliphatic carbocycles. The minimum atomic E-state index is -0.502. The van der Waals surface area contributed by atoms with Gasteiger partial charge in [0.05, 0.1) is 23.0 Å². The molecular formula is C45H32N2. The van der Waals surface area contributed by atoms with Crippen LogP contribution in [-0.2, 0) is 12.0 Å². The summed E-state index contributed by atoms with van der Waals surface area (Å²) < 4.78 is 2.50. The highest BCUT2D eigenvalue weighted by Gasteiger charge is 2.48. The predicted molar refractivity (Wildman–Crippen MR) is 196 cm³/mol. The fraction of sp³-hybridized carbons (Fsp3) is 0.0444. The summed E-state index contributed by atoms with van der Waals surface area (Å²) in [6.07, 6.45) is 1.96. The second-order valence-corrected chi connectivity index (χ2v) is 12.3. The molecule has 0 saturated carbocycles. The van der Waals surface area contributed by atoms with Crippen LogP contribution in [0.4, 0.5) is 0 Å². The first-order valence-corrected chi connectivity index (χ1v) is 16.3. The largest absolute Gasteiger partial charge is 0.309 e. The molecule has 9 rings (SSSR count). The van der Waals surface area contributed by atoms with Crippen LogP contribution in [0.2, 0.25) is 0 Å². The number of benzene rings is 7. The van der Waals surface area contributed by atoms with Crippen molar-refractivity contribution >= 4 is 28.0 Å². The van der Waals surface area contributed by atoms with E-state index in [0.29, 0.717) is 6.54 Å². The lowest BCUT2D eigenvalue weighted by atomic mass is 9.67. The summed E-state index contributed by atoms with van der Waals surface area (Å²) in [6.45, 7) is 0.612. The Bertz CT molecular complexity index is 2380. The van der Waals surface area contributed by atoms with Gasteiger partial charge in [0.25, 0.3) is 0 Å². The van der Waals surface area contributed by atoms with E-state index in [1.807, 2.05) is 24.4 Å². The molecule has 1 aliphatic rings. The fourth-order valence-electron chi connectivity index (χ4n) is 7.84. The minimum Gasteiger partial charge on any atom is -0.309 e. The van der Waals surface area contributed by atoms with Crippen LogP contribution in [0.1, 0.15) is 33.4 Å². The van der Waals surface area contributed by atoms with Gasteiger partial charge in [-0.15, -0.1) is 0 Å². The first-order valence-electron chi connectivity index (χ1n) is 16.3. The Morgan fingerprint density at radius 2 is 1.19 bits per heavy atom. The van der Waals surface area contributed by atoms with Crippen molar-refractivity contribution in [1.29, 1.82) is 0 Å². The molecule has 0 spiro atoms. The number of aromatic nitrogens is 1. The predicted octanol–water partition coefficient (Wildman–Crippen LogP) is 10.8. The molecule has 0 aliphatic heterocycles. The molecule has 2 heteroatoms. The van der Waals surface area contributed by atoms with E-state index in [9.17, 15) is 0 Å². The Morgan fingerprint density at radius 1 is 0.532 bits per heavy atom. The van der Waals surface area contributed by atoms with Gasteiger partial charge in [0, 0.05) is 28.2 Å². The molecule has 8 aromatic rings. The van der Waals surface area contributed by atoms with Crippen molar-refractivity contribution in [3.05, 3.63) is 209 Å². The van der Waals surface area contributed by atoms with E-state index in [0.717, 1.165) is 11.3 Å². The lowest BCUT2D eigenvalue weighted by molar-refractivity contribution is 0.771. The highest BCUT2D eigenvalue weighted by atomic mass is 15.0. The van der Waals surface area contributed by atoms with Crippen molar-refractivity contribution in [2.24, 2.45) is 4.99 Å². The molecule has 1 heterocycles.